The normalized spacial score (nSPS) is 14.7. The van der Waals surface area contributed by atoms with Gasteiger partial charge in [-0.2, -0.15) is 4.99 Å². The minimum absolute atomic E-state index is 0.00111. The van der Waals surface area contributed by atoms with Crippen LogP contribution in [0.3, 0.4) is 0 Å². The number of benzene rings is 6. The van der Waals surface area contributed by atoms with E-state index in [1.807, 2.05) is 119 Å². The van der Waals surface area contributed by atoms with E-state index in [2.05, 4.69) is 46.4 Å². The molecule has 560 valence electrons. The first-order valence-corrected chi connectivity index (χ1v) is 35.2. The molecule has 3 aliphatic carbocycles. The standard InChI is InChI=1S/C18H25N5O.C17H24N6O.C10H13NO.C9H12N2O.C8H8O2.C7H7NO2.C6H10O.C3H5N3/c1-2-20-16(24)14-8-6-7-13(11-14)12-15-21-17(19)23-18(22-15)9-4-3-5-10-18;1-2-20-14(24)12-7-6-8-13(11-12)23-16(19)21-15(18)22-17(23)9-4-3-5-10-17;1-3-11-10(12)9-6-4-5-8(2)7-9;1-2-11-9(12)7-4-3-5-8(10)6-7;1-6-3-2-4-7(5-6)8(9)10;8-6-3-1-2-5(4-6)7(9)10;7-6-4-2-1-3-5-6;1-6-2-3(4)5/h6-8,11H,2-5,9-10,12H2,1H3,(H,20,24)(H3,19,21,22,23);6-8,11H,2-5,9-10H2,1H3,(H,20,24)(H4,18,19,21,22);4-7H,3H2,1-2H3,(H,11,12);3-6H,2,10H2,1H3,(H,11,12);2-5H,1H3,(H,9,10);1-4H,8H2,(H,9,10);1-5H2;2H2,(H3,4,5). The number of carboxylic acids is 2. The number of hydrogen-bond donors (Lipinski definition) is 14. The molecule has 2 aliphatic heterocycles. The molecule has 11 rings (SSSR count). The third-order valence-corrected chi connectivity index (χ3v) is 16.2. The number of amides is 4. The molecule has 0 unspecified atom stereocenters. The van der Waals surface area contributed by atoms with Gasteiger partial charge in [-0.3, -0.25) is 34.3 Å². The van der Waals surface area contributed by atoms with Crippen molar-refractivity contribution in [1.29, 1.82) is 5.41 Å². The number of nitrogens with one attached hydrogen (secondary N) is 6. The maximum Gasteiger partial charge on any atom is 0.335 e. The second-order valence-corrected chi connectivity index (χ2v) is 24.9. The number of guanidine groups is 3. The van der Waals surface area contributed by atoms with Crippen LogP contribution in [0.5, 0.6) is 0 Å². The third-order valence-electron chi connectivity index (χ3n) is 16.2. The number of carboxylic acid groups (broad SMARTS) is 2. The highest BCUT2D eigenvalue weighted by Crippen LogP contribution is 2.40. The molecule has 6 aromatic carbocycles. The number of rotatable bonds is 14. The Labute approximate surface area is 615 Å². The van der Waals surface area contributed by atoms with Crippen LogP contribution in [0.1, 0.15) is 203 Å². The van der Waals surface area contributed by atoms with Crippen LogP contribution in [0.2, 0.25) is 0 Å². The van der Waals surface area contributed by atoms with E-state index >= 15 is 0 Å². The molecule has 5 aliphatic rings. The molecule has 105 heavy (non-hydrogen) atoms. The predicted molar refractivity (Wildman–Crippen MR) is 418 cm³/mol. The number of anilines is 3. The van der Waals surface area contributed by atoms with Gasteiger partial charge in [-0.25, -0.2) is 31.1 Å². The summed E-state index contributed by atoms with van der Waals surface area (Å²) in [7, 11) is 0. The van der Waals surface area contributed by atoms with E-state index < -0.39 is 17.6 Å². The highest BCUT2D eigenvalue weighted by Gasteiger charge is 2.43. The molecule has 2 spiro atoms. The van der Waals surface area contributed by atoms with Gasteiger partial charge >= 0.3 is 11.9 Å². The van der Waals surface area contributed by atoms with Crippen molar-refractivity contribution < 1.29 is 43.8 Å². The Morgan fingerprint density at radius 2 is 0.943 bits per heavy atom. The molecule has 0 radical (unpaired) electrons. The zero-order valence-corrected chi connectivity index (χ0v) is 61.1. The Kier molecular flexibility index (Phi) is 36.7. The third kappa shape index (κ3) is 30.7. The molecule has 3 fully saturated rings. The van der Waals surface area contributed by atoms with E-state index in [1.165, 1.54) is 31.4 Å². The Morgan fingerprint density at radius 3 is 1.36 bits per heavy atom. The van der Waals surface area contributed by atoms with E-state index in [1.54, 1.807) is 60.7 Å². The summed E-state index contributed by atoms with van der Waals surface area (Å²) in [5.74, 6) is 0.177. The Hall–Kier alpha value is -12.0. The number of carbonyl (C=O) groups excluding carboxylic acids is 5. The van der Waals surface area contributed by atoms with Crippen molar-refractivity contribution in [2.24, 2.45) is 42.9 Å². The Balaban J connectivity index is 0.000000266. The lowest BCUT2D eigenvalue weighted by atomic mass is 9.87. The topological polar surface area (TPSA) is 457 Å². The number of aliphatic imine (C=N–C) groups is 4. The first-order valence-electron chi connectivity index (χ1n) is 35.2. The summed E-state index contributed by atoms with van der Waals surface area (Å²) in [5.41, 5.74) is 41.0. The zero-order valence-electron chi connectivity index (χ0n) is 61.1. The van der Waals surface area contributed by atoms with Gasteiger partial charge < -0.3 is 76.0 Å². The number of amidine groups is 2. The highest BCUT2D eigenvalue weighted by atomic mass is 16.4. The van der Waals surface area contributed by atoms with E-state index in [0.29, 0.717) is 83.9 Å². The molecule has 3 saturated carbocycles. The molecule has 4 amide bonds. The van der Waals surface area contributed by atoms with Crippen LogP contribution in [0, 0.1) is 25.8 Å². The Bertz CT molecular complexity index is 3930. The number of hydrogen-bond acceptors (Lipinski definition) is 19. The van der Waals surface area contributed by atoms with Gasteiger partial charge in [-0.1, -0.05) is 85.0 Å². The van der Waals surface area contributed by atoms with Gasteiger partial charge in [0.25, 0.3) is 30.2 Å². The minimum Gasteiger partial charge on any atom is -0.478 e. The molecule has 27 nitrogen and oxygen atoms in total. The maximum atomic E-state index is 12.1. The largest absolute Gasteiger partial charge is 0.478 e. The number of aryl methyl sites for hydroxylation is 2. The highest BCUT2D eigenvalue weighted by molar-refractivity contribution is 6.07. The quantitative estimate of drug-likeness (QED) is 0.0208. The van der Waals surface area contributed by atoms with Crippen molar-refractivity contribution >= 4 is 88.0 Å². The zero-order chi connectivity index (χ0) is 77.3. The molecular formula is C78H104N18O9. The number of nitrogens with two attached hydrogens (primary N) is 6. The maximum absolute atomic E-state index is 12.1. The first kappa shape index (κ1) is 85.5. The SMILES string of the molecule is CCNC(=O)c1cccc(C)c1.CCNC(=O)c1cccc(CC2=NC3(CCCCC3)N=C(N)N2)c1.CCNC(=O)c1cccc(N)c1.CCNC(=O)c1cccc(N2C(N)=NC(N)=NC23CCCCC3)c1.Cc1cccc(C(=O)O)c1.Nc1cccc(C(=O)O)c1.O=C1CCCCC1.[C-]#[N+]CC(=N)N. The summed E-state index contributed by atoms with van der Waals surface area (Å²) < 4.78 is 0. The van der Waals surface area contributed by atoms with Crippen molar-refractivity contribution in [3.05, 3.63) is 207 Å². The lowest BCUT2D eigenvalue weighted by Gasteiger charge is -2.45. The van der Waals surface area contributed by atoms with Crippen LogP contribution < -0.4 is 65.9 Å². The van der Waals surface area contributed by atoms with Crippen molar-refractivity contribution in [2.45, 2.75) is 156 Å². The summed E-state index contributed by atoms with van der Waals surface area (Å²) in [4.78, 5) is 101. The second-order valence-electron chi connectivity index (χ2n) is 24.9. The van der Waals surface area contributed by atoms with E-state index in [0.717, 1.165) is 111 Å². The number of ketones is 1. The van der Waals surface area contributed by atoms with Crippen molar-refractivity contribution in [1.82, 2.24) is 26.6 Å². The summed E-state index contributed by atoms with van der Waals surface area (Å²) in [5, 5.41) is 37.6. The van der Waals surface area contributed by atoms with Crippen LogP contribution >= 0.6 is 0 Å². The molecule has 0 saturated heterocycles. The Morgan fingerprint density at radius 1 is 0.533 bits per heavy atom. The molecular weight excluding hydrogens is 1330 g/mol. The molecule has 27 heteroatoms. The lowest BCUT2D eigenvalue weighted by Crippen LogP contribution is -2.58. The van der Waals surface area contributed by atoms with Gasteiger partial charge in [0, 0.05) is 84.8 Å². The van der Waals surface area contributed by atoms with E-state index in [-0.39, 0.29) is 53.2 Å². The van der Waals surface area contributed by atoms with Gasteiger partial charge in [0.2, 0.25) is 11.9 Å². The average molecular weight is 1440 g/mol. The van der Waals surface area contributed by atoms with E-state index in [4.69, 9.17) is 61.6 Å². The van der Waals surface area contributed by atoms with Gasteiger partial charge in [0.05, 0.1) is 11.1 Å². The van der Waals surface area contributed by atoms with Crippen LogP contribution in [-0.2, 0) is 11.2 Å². The second kappa shape index (κ2) is 45.1. The van der Waals surface area contributed by atoms with Crippen molar-refractivity contribution in [2.75, 3.05) is 49.1 Å². The summed E-state index contributed by atoms with van der Waals surface area (Å²) >= 11 is 0. The van der Waals surface area contributed by atoms with Crippen molar-refractivity contribution in [3.8, 4) is 0 Å². The molecule has 0 atom stereocenters. The van der Waals surface area contributed by atoms with E-state index in [9.17, 15) is 33.6 Å². The first-order chi connectivity index (χ1) is 50.2. The van der Waals surface area contributed by atoms with Gasteiger partial charge in [0.15, 0.2) is 17.5 Å². The molecule has 6 aromatic rings. The number of aromatic carboxylic acids is 2. The van der Waals surface area contributed by atoms with Crippen LogP contribution in [-0.4, -0.2) is 125 Å². The number of nitrogen functional groups attached to an aromatic ring is 2. The number of nitrogens with zero attached hydrogens (tertiary/aromatic N) is 6. The van der Waals surface area contributed by atoms with Gasteiger partial charge in [-0.15, -0.1) is 0 Å². The number of Topliss-reactive ketones (excluding diaryl/α,β-unsaturated/α-hetero) is 1. The molecule has 0 bridgehead atoms. The molecule has 20 N–H and O–H groups in total. The lowest BCUT2D eigenvalue weighted by molar-refractivity contribution is -0.120. The monoisotopic (exact) mass is 1440 g/mol. The summed E-state index contributed by atoms with van der Waals surface area (Å²) in [6.07, 6.45) is 16.3. The van der Waals surface area contributed by atoms with Crippen molar-refractivity contribution in [3.63, 3.8) is 0 Å². The number of carbonyl (C=O) groups is 7. The molecule has 0 aromatic heterocycles. The van der Waals surface area contributed by atoms with Gasteiger partial charge in [0.1, 0.15) is 17.3 Å². The van der Waals surface area contributed by atoms with Crippen LogP contribution in [0.15, 0.2) is 166 Å². The fourth-order valence-electron chi connectivity index (χ4n) is 11.4. The summed E-state index contributed by atoms with van der Waals surface area (Å²) in [6.45, 7) is 20.1. The molecule has 2 heterocycles. The average Bonchev–Trinajstić information content (AvgIpc) is 0.759. The summed E-state index contributed by atoms with van der Waals surface area (Å²) in [6, 6.07) is 42.5. The van der Waals surface area contributed by atoms with Crippen LogP contribution in [0.4, 0.5) is 17.1 Å². The predicted octanol–water partition coefficient (Wildman–Crippen LogP) is 10.3. The van der Waals surface area contributed by atoms with Crippen LogP contribution in [0.25, 0.3) is 4.85 Å². The van der Waals surface area contributed by atoms with Gasteiger partial charge in [-0.05, 0) is 202 Å². The fraction of sp³-hybridized carbons (Fsp3) is 0.372. The smallest absolute Gasteiger partial charge is 0.335 e. The minimum atomic E-state index is -0.952. The fourth-order valence-corrected chi connectivity index (χ4v) is 11.4.